The van der Waals surface area contributed by atoms with E-state index in [1.54, 1.807) is 12.1 Å². The van der Waals surface area contributed by atoms with Crippen molar-refractivity contribution in [2.45, 2.75) is 56.4 Å². The number of carbonyl (C=O) groups excluding carboxylic acids is 5. The van der Waals surface area contributed by atoms with E-state index in [0.29, 0.717) is 17.7 Å². The highest BCUT2D eigenvalue weighted by molar-refractivity contribution is 6.33. The van der Waals surface area contributed by atoms with Crippen LogP contribution in [0.4, 0.5) is 0 Å². The molecule has 8 N–H and O–H groups in total. The van der Waals surface area contributed by atoms with Crippen LogP contribution in [-0.4, -0.2) is 76.3 Å². The van der Waals surface area contributed by atoms with Gasteiger partial charge in [0.25, 0.3) is 0 Å². The van der Waals surface area contributed by atoms with E-state index in [0.717, 1.165) is 21.9 Å². The summed E-state index contributed by atoms with van der Waals surface area (Å²) in [4.78, 5) is 70.5. The molecule has 248 valence electrons. The molecule has 12 nitrogen and oxygen atoms in total. The van der Waals surface area contributed by atoms with E-state index < -0.39 is 75.6 Å². The molecule has 2 unspecified atom stereocenters. The van der Waals surface area contributed by atoms with E-state index >= 15 is 0 Å². The number of ketones is 4. The van der Waals surface area contributed by atoms with Gasteiger partial charge in [-0.05, 0) is 66.0 Å². The van der Waals surface area contributed by atoms with E-state index in [4.69, 9.17) is 17.2 Å². The highest BCUT2D eigenvalue weighted by atomic mass is 16.3. The van der Waals surface area contributed by atoms with Crippen LogP contribution in [0.1, 0.15) is 41.8 Å². The number of hydrogen-bond donors (Lipinski definition) is 5. The average molecular weight is 651 g/mol. The zero-order valence-electron chi connectivity index (χ0n) is 27.2. The number of nitrogens with zero attached hydrogens (tertiary/aromatic N) is 2. The number of fused-ring (bicyclic) bond motifs is 4. The molecule has 2 fully saturated rings. The zero-order chi connectivity index (χ0) is 35.1. The summed E-state index contributed by atoms with van der Waals surface area (Å²) < 4.78 is 0. The number of nitrogens with one attached hydrogen (secondary N) is 1. The van der Waals surface area contributed by atoms with Gasteiger partial charge in [-0.15, -0.1) is 0 Å². The number of amides is 1. The number of rotatable bonds is 6. The topological polar surface area (TPSA) is 223 Å². The quantitative estimate of drug-likeness (QED) is 0.238. The molecule has 0 bridgehead atoms. The maximum absolute atomic E-state index is 14.6. The van der Waals surface area contributed by atoms with Gasteiger partial charge in [0.05, 0.1) is 23.2 Å². The zero-order valence-corrected chi connectivity index (χ0v) is 27.2. The molecule has 0 aromatic heterocycles. The van der Waals surface area contributed by atoms with Gasteiger partial charge in [0.15, 0.2) is 34.5 Å². The molecule has 0 radical (unpaired) electrons. The third-order valence-electron chi connectivity index (χ3n) is 10.5. The van der Waals surface area contributed by atoms with Crippen molar-refractivity contribution in [3.8, 4) is 22.9 Å². The highest BCUT2D eigenvalue weighted by Crippen LogP contribution is 2.57. The lowest BCUT2D eigenvalue weighted by molar-refractivity contribution is -0.166. The second-order valence-electron chi connectivity index (χ2n) is 14.0. The van der Waals surface area contributed by atoms with Crippen LogP contribution < -0.4 is 22.5 Å². The minimum Gasteiger partial charge on any atom is -0.507 e. The molecule has 6 rings (SSSR count). The van der Waals surface area contributed by atoms with E-state index in [1.165, 1.54) is 25.1 Å². The first-order chi connectivity index (χ1) is 22.6. The molecule has 2 saturated carbocycles. The smallest absolute Gasteiger partial charge is 0.235 e. The van der Waals surface area contributed by atoms with Gasteiger partial charge in [-0.1, -0.05) is 56.3 Å². The van der Waals surface area contributed by atoms with Crippen LogP contribution in [0.2, 0.25) is 0 Å². The lowest BCUT2D eigenvalue weighted by Gasteiger charge is -2.60. The fourth-order valence-electron chi connectivity index (χ4n) is 8.52. The number of aromatic hydroxyl groups is 1. The lowest BCUT2D eigenvalue weighted by atomic mass is 9.42. The fourth-order valence-corrected chi connectivity index (χ4v) is 8.52. The Morgan fingerprint density at radius 3 is 2.27 bits per heavy atom. The predicted octanol–water partition coefficient (Wildman–Crippen LogP) is 1.13. The number of benzene rings is 3. The Morgan fingerprint density at radius 1 is 1.02 bits per heavy atom. The molecule has 0 saturated heterocycles. The van der Waals surface area contributed by atoms with Gasteiger partial charge in [-0.3, -0.25) is 28.9 Å². The number of likely N-dealkylation sites (N-methyl/N-ethyl adjacent to an activating group) is 1. The van der Waals surface area contributed by atoms with Crippen LogP contribution in [0.5, 0.6) is 5.75 Å². The maximum Gasteiger partial charge on any atom is 0.235 e. The van der Waals surface area contributed by atoms with Crippen molar-refractivity contribution in [3.05, 3.63) is 65.2 Å². The van der Waals surface area contributed by atoms with E-state index in [1.807, 2.05) is 36.4 Å². The van der Waals surface area contributed by atoms with Crippen molar-refractivity contribution in [1.29, 1.82) is 5.26 Å². The fraction of sp³-hybridized carbons (Fsp3) is 0.389. The summed E-state index contributed by atoms with van der Waals surface area (Å²) in [5.41, 5.74) is 15.3. The molecule has 0 spiro atoms. The Kier molecular flexibility index (Phi) is 7.68. The number of carbonyl (C=O) groups is 5. The third kappa shape index (κ3) is 4.32. The minimum absolute atomic E-state index is 0.144. The summed E-state index contributed by atoms with van der Waals surface area (Å²) in [5.74, 6) is -10.00. The van der Waals surface area contributed by atoms with Crippen LogP contribution in [0.15, 0.2) is 48.5 Å². The first kappa shape index (κ1) is 33.1. The molecule has 3 aliphatic carbocycles. The standard InChI is InChI=1S/C36H38N6O6/c1-17(2)41-14-18-9-10-21(20-8-6-5-7-19(18)20)22-11-12-24(43)25-23(22)13-34(39)15-36(40)30(42(3)4)29(45)26(33(38)48)31(46)35(36,16-37)32(47)27(34)28(25)44/h5-12,17,26-27,30,41,43H,13-15,39-40H2,1-4H3,(H2,38,48)/t26?,27?,30-,34-,35+,36-/m1/s1. The van der Waals surface area contributed by atoms with Crippen molar-refractivity contribution in [2.75, 3.05) is 14.1 Å². The molecule has 3 aromatic carbocycles. The first-order valence-corrected chi connectivity index (χ1v) is 15.8. The molecule has 3 aliphatic rings. The van der Waals surface area contributed by atoms with E-state index in [-0.39, 0.29) is 18.0 Å². The molecule has 12 heteroatoms. The second-order valence-corrected chi connectivity index (χ2v) is 14.0. The first-order valence-electron chi connectivity index (χ1n) is 15.8. The number of phenolic OH excluding ortho intramolecular Hbond substituents is 1. The summed E-state index contributed by atoms with van der Waals surface area (Å²) in [6, 6.07) is 15.3. The van der Waals surface area contributed by atoms with Gasteiger partial charge in [-0.25, -0.2) is 0 Å². The molecule has 0 aliphatic heterocycles. The Balaban J connectivity index is 1.57. The van der Waals surface area contributed by atoms with Crippen LogP contribution in [0.3, 0.4) is 0 Å². The molecule has 0 heterocycles. The lowest BCUT2D eigenvalue weighted by Crippen LogP contribution is -2.85. The molecular formula is C36H38N6O6. The summed E-state index contributed by atoms with van der Waals surface area (Å²) in [6.45, 7) is 4.75. The molecule has 3 aromatic rings. The van der Waals surface area contributed by atoms with Crippen molar-refractivity contribution in [1.82, 2.24) is 10.2 Å². The molecular weight excluding hydrogens is 612 g/mol. The number of primary amides is 1. The van der Waals surface area contributed by atoms with Crippen molar-refractivity contribution >= 4 is 39.8 Å². The SMILES string of the molecule is CC(C)NCc1ccc(-c2ccc(O)c3c2C[C@@]2(N)C[C@@]4(N)[C@H](N(C)C)C(=O)C(C(N)=O)C(=O)[C@@]4(C#N)C(=O)C2C3=O)c2ccccc12. The van der Waals surface area contributed by atoms with Crippen molar-refractivity contribution in [2.24, 2.45) is 34.5 Å². The van der Waals surface area contributed by atoms with Crippen LogP contribution in [-0.2, 0) is 32.1 Å². The molecule has 48 heavy (non-hydrogen) atoms. The van der Waals surface area contributed by atoms with Gasteiger partial charge in [0, 0.05) is 18.1 Å². The monoisotopic (exact) mass is 650 g/mol. The van der Waals surface area contributed by atoms with Gasteiger partial charge in [-0.2, -0.15) is 5.26 Å². The second kappa shape index (κ2) is 11.1. The normalized spacial score (nSPS) is 29.9. The third-order valence-corrected chi connectivity index (χ3v) is 10.5. The highest BCUT2D eigenvalue weighted by Gasteiger charge is 2.78. The van der Waals surface area contributed by atoms with Crippen LogP contribution in [0, 0.1) is 28.6 Å². The number of phenols is 1. The Morgan fingerprint density at radius 2 is 1.67 bits per heavy atom. The maximum atomic E-state index is 14.6. The number of Topliss-reactive ketones (excluding diaryl/α,β-unsaturated/α-hetero) is 4. The molecule has 1 amide bonds. The van der Waals surface area contributed by atoms with E-state index in [2.05, 4.69) is 19.2 Å². The number of nitrogens with two attached hydrogens (primary N) is 3. The summed E-state index contributed by atoms with van der Waals surface area (Å²) in [5, 5.41) is 27.0. The van der Waals surface area contributed by atoms with Gasteiger partial charge in [0.2, 0.25) is 5.91 Å². The number of nitriles is 1. The van der Waals surface area contributed by atoms with Gasteiger partial charge >= 0.3 is 0 Å². The minimum atomic E-state index is -2.79. The van der Waals surface area contributed by atoms with Crippen LogP contribution >= 0.6 is 0 Å². The average Bonchev–Trinajstić information content (AvgIpc) is 2.99. The van der Waals surface area contributed by atoms with Crippen molar-refractivity contribution < 1.29 is 29.1 Å². The number of hydrogen-bond acceptors (Lipinski definition) is 11. The summed E-state index contributed by atoms with van der Waals surface area (Å²) in [7, 11) is 2.94. The van der Waals surface area contributed by atoms with Gasteiger partial charge < -0.3 is 27.6 Å². The van der Waals surface area contributed by atoms with Crippen LogP contribution in [0.25, 0.3) is 21.9 Å². The largest absolute Gasteiger partial charge is 0.507 e. The van der Waals surface area contributed by atoms with Crippen molar-refractivity contribution in [3.63, 3.8) is 0 Å². The Labute approximate surface area is 277 Å². The molecule has 6 atom stereocenters. The Hall–Kier alpha value is -4.80. The predicted molar refractivity (Wildman–Crippen MR) is 176 cm³/mol. The summed E-state index contributed by atoms with van der Waals surface area (Å²) in [6.07, 6.45) is -0.627. The van der Waals surface area contributed by atoms with Gasteiger partial charge in [0.1, 0.15) is 11.7 Å². The Bertz CT molecular complexity index is 2000. The summed E-state index contributed by atoms with van der Waals surface area (Å²) >= 11 is 0. The van der Waals surface area contributed by atoms with E-state index in [9.17, 15) is 34.3 Å².